The number of carbonyl (C=O) groups excluding carboxylic acids is 2. The third-order valence-corrected chi connectivity index (χ3v) is 4.35. The molecule has 0 saturated heterocycles. The molecule has 3 aromatic rings. The van der Waals surface area contributed by atoms with Crippen LogP contribution in [0.4, 0.5) is 16.2 Å². The molecular formula is C23H24N4O3. The number of ether oxygens (including phenoxy) is 1. The zero-order valence-electron chi connectivity index (χ0n) is 16.9. The van der Waals surface area contributed by atoms with Crippen molar-refractivity contribution in [2.24, 2.45) is 0 Å². The number of anilines is 2. The van der Waals surface area contributed by atoms with Gasteiger partial charge in [-0.15, -0.1) is 0 Å². The third-order valence-electron chi connectivity index (χ3n) is 4.35. The second-order valence-electron chi connectivity index (χ2n) is 6.56. The van der Waals surface area contributed by atoms with Crippen molar-refractivity contribution < 1.29 is 14.3 Å². The summed E-state index contributed by atoms with van der Waals surface area (Å²) in [5.74, 6) is 0.248. The Labute approximate surface area is 175 Å². The molecule has 0 fully saturated rings. The Bertz CT molecular complexity index is 1020. The molecule has 0 aliphatic heterocycles. The van der Waals surface area contributed by atoms with E-state index in [4.69, 9.17) is 4.74 Å². The maximum atomic E-state index is 12.5. The average Bonchev–Trinajstić information content (AvgIpc) is 2.75. The van der Waals surface area contributed by atoms with E-state index in [2.05, 4.69) is 20.9 Å². The quantitative estimate of drug-likeness (QED) is 0.545. The van der Waals surface area contributed by atoms with Crippen LogP contribution in [0.3, 0.4) is 0 Å². The fraction of sp³-hybridized carbons (Fsp3) is 0.174. The first-order chi connectivity index (χ1) is 14.6. The van der Waals surface area contributed by atoms with Crippen molar-refractivity contribution in [3.05, 3.63) is 83.6 Å². The lowest BCUT2D eigenvalue weighted by Crippen LogP contribution is -2.29. The minimum absolute atomic E-state index is 0.249. The van der Waals surface area contributed by atoms with Crippen LogP contribution in [0.25, 0.3) is 0 Å². The van der Waals surface area contributed by atoms with Gasteiger partial charge in [-0.3, -0.25) is 4.79 Å². The normalized spacial score (nSPS) is 10.2. The molecule has 154 valence electrons. The molecule has 1 heterocycles. The van der Waals surface area contributed by atoms with Gasteiger partial charge >= 0.3 is 6.03 Å². The molecule has 2 aromatic carbocycles. The van der Waals surface area contributed by atoms with Crippen molar-refractivity contribution in [1.82, 2.24) is 10.3 Å². The molecule has 0 spiro atoms. The Morgan fingerprint density at radius 2 is 1.80 bits per heavy atom. The number of pyridine rings is 1. The van der Waals surface area contributed by atoms with E-state index in [-0.39, 0.29) is 18.5 Å². The van der Waals surface area contributed by atoms with Crippen molar-refractivity contribution in [1.29, 1.82) is 0 Å². The first-order valence-electron chi connectivity index (χ1n) is 9.65. The summed E-state index contributed by atoms with van der Waals surface area (Å²) in [5.41, 5.74) is 3.34. The van der Waals surface area contributed by atoms with Crippen LogP contribution in [0.1, 0.15) is 28.4 Å². The van der Waals surface area contributed by atoms with E-state index in [0.717, 1.165) is 11.1 Å². The van der Waals surface area contributed by atoms with Gasteiger partial charge in [-0.05, 0) is 49.7 Å². The number of benzene rings is 2. The Morgan fingerprint density at radius 1 is 1.00 bits per heavy atom. The molecule has 7 heteroatoms. The number of rotatable bonds is 7. The fourth-order valence-corrected chi connectivity index (χ4v) is 2.79. The second-order valence-corrected chi connectivity index (χ2v) is 6.56. The third kappa shape index (κ3) is 5.57. The van der Waals surface area contributed by atoms with Crippen molar-refractivity contribution in [3.8, 4) is 5.88 Å². The topological polar surface area (TPSA) is 92.3 Å². The van der Waals surface area contributed by atoms with Gasteiger partial charge in [-0.1, -0.05) is 30.3 Å². The second kappa shape index (κ2) is 10.1. The van der Waals surface area contributed by atoms with E-state index in [1.807, 2.05) is 50.2 Å². The summed E-state index contributed by atoms with van der Waals surface area (Å²) in [6.45, 7) is 4.50. The van der Waals surface area contributed by atoms with Gasteiger partial charge in [0.2, 0.25) is 5.88 Å². The van der Waals surface area contributed by atoms with Gasteiger partial charge in [-0.25, -0.2) is 9.78 Å². The number of aryl methyl sites for hydroxylation is 1. The van der Waals surface area contributed by atoms with E-state index >= 15 is 0 Å². The summed E-state index contributed by atoms with van der Waals surface area (Å²) in [7, 11) is 0. The molecule has 0 atom stereocenters. The van der Waals surface area contributed by atoms with E-state index in [1.54, 1.807) is 30.5 Å². The van der Waals surface area contributed by atoms with Gasteiger partial charge in [0.25, 0.3) is 5.91 Å². The highest BCUT2D eigenvalue weighted by Gasteiger charge is 2.11. The molecule has 1 aromatic heterocycles. The van der Waals surface area contributed by atoms with Crippen molar-refractivity contribution >= 4 is 23.3 Å². The van der Waals surface area contributed by atoms with Crippen LogP contribution < -0.4 is 20.7 Å². The Kier molecular flexibility index (Phi) is 7.00. The molecule has 30 heavy (non-hydrogen) atoms. The van der Waals surface area contributed by atoms with E-state index < -0.39 is 0 Å². The van der Waals surface area contributed by atoms with Gasteiger partial charge in [0.1, 0.15) is 0 Å². The summed E-state index contributed by atoms with van der Waals surface area (Å²) < 4.78 is 5.47. The van der Waals surface area contributed by atoms with Crippen LogP contribution >= 0.6 is 0 Å². The van der Waals surface area contributed by atoms with Crippen molar-refractivity contribution in [2.45, 2.75) is 20.4 Å². The number of hydrogen-bond donors (Lipinski definition) is 3. The van der Waals surface area contributed by atoms with Crippen LogP contribution in [-0.4, -0.2) is 23.5 Å². The molecule has 3 amide bonds. The largest absolute Gasteiger partial charge is 0.478 e. The van der Waals surface area contributed by atoms with E-state index in [1.165, 1.54) is 0 Å². The van der Waals surface area contributed by atoms with Crippen molar-refractivity contribution in [2.75, 3.05) is 17.2 Å². The predicted octanol–water partition coefficient (Wildman–Crippen LogP) is 4.36. The number of nitrogens with zero attached hydrogens (tertiary/aromatic N) is 1. The minimum Gasteiger partial charge on any atom is -0.478 e. The molecule has 0 aliphatic carbocycles. The Morgan fingerprint density at radius 3 is 2.57 bits per heavy atom. The highest BCUT2D eigenvalue weighted by atomic mass is 16.5. The van der Waals surface area contributed by atoms with Crippen LogP contribution in [0.15, 0.2) is 66.9 Å². The molecule has 0 bridgehead atoms. The fourth-order valence-electron chi connectivity index (χ4n) is 2.79. The van der Waals surface area contributed by atoms with E-state index in [0.29, 0.717) is 29.4 Å². The lowest BCUT2D eigenvalue weighted by atomic mass is 10.1. The number of amides is 3. The zero-order valence-corrected chi connectivity index (χ0v) is 16.9. The van der Waals surface area contributed by atoms with Gasteiger partial charge in [0, 0.05) is 35.2 Å². The number of hydrogen-bond acceptors (Lipinski definition) is 4. The lowest BCUT2D eigenvalue weighted by Gasteiger charge is -2.13. The van der Waals surface area contributed by atoms with Crippen LogP contribution in [-0.2, 0) is 6.54 Å². The summed E-state index contributed by atoms with van der Waals surface area (Å²) in [5, 5.41) is 8.43. The molecule has 3 rings (SSSR count). The highest BCUT2D eigenvalue weighted by molar-refractivity contribution is 6.05. The van der Waals surface area contributed by atoms with E-state index in [9.17, 15) is 9.59 Å². The highest BCUT2D eigenvalue weighted by Crippen LogP contribution is 2.19. The first kappa shape index (κ1) is 20.9. The predicted molar refractivity (Wildman–Crippen MR) is 117 cm³/mol. The number of nitrogens with one attached hydrogen (secondary N) is 3. The van der Waals surface area contributed by atoms with Crippen molar-refractivity contribution in [3.63, 3.8) is 0 Å². The summed E-state index contributed by atoms with van der Waals surface area (Å²) in [6.07, 6.45) is 1.64. The first-order valence-corrected chi connectivity index (χ1v) is 9.65. The van der Waals surface area contributed by atoms with Gasteiger partial charge in [-0.2, -0.15) is 0 Å². The monoisotopic (exact) mass is 404 g/mol. The number of para-hydroxylation sites is 1. The van der Waals surface area contributed by atoms with Gasteiger partial charge in [0.05, 0.1) is 6.61 Å². The molecule has 0 unspecified atom stereocenters. The number of urea groups is 1. The summed E-state index contributed by atoms with van der Waals surface area (Å²) in [4.78, 5) is 29.1. The molecule has 3 N–H and O–H groups in total. The molecular weight excluding hydrogens is 380 g/mol. The molecule has 0 aliphatic rings. The summed E-state index contributed by atoms with van der Waals surface area (Å²) in [6, 6.07) is 17.6. The maximum Gasteiger partial charge on any atom is 0.319 e. The zero-order chi connectivity index (χ0) is 21.3. The SMILES string of the molecule is CCOc1ncccc1CNC(=O)Nc1cc(C(=O)Nc2ccccc2)ccc1C. The van der Waals surface area contributed by atoms with Gasteiger partial charge in [0.15, 0.2) is 0 Å². The Hall–Kier alpha value is -3.87. The molecule has 0 saturated carbocycles. The smallest absolute Gasteiger partial charge is 0.319 e. The standard InChI is InChI=1S/C23H24N4O3/c1-3-30-22-18(8-7-13-24-22)15-25-23(29)27-20-14-17(12-11-16(20)2)21(28)26-19-9-5-4-6-10-19/h4-14H,3,15H2,1-2H3,(H,26,28)(H2,25,27,29). The average molecular weight is 404 g/mol. The minimum atomic E-state index is -0.384. The maximum absolute atomic E-state index is 12.5. The molecule has 0 radical (unpaired) electrons. The summed E-state index contributed by atoms with van der Waals surface area (Å²) >= 11 is 0. The Balaban J connectivity index is 1.64. The number of aromatic nitrogens is 1. The van der Waals surface area contributed by atoms with Gasteiger partial charge < -0.3 is 20.7 Å². The van der Waals surface area contributed by atoms with Crippen LogP contribution in [0, 0.1) is 6.92 Å². The van der Waals surface area contributed by atoms with Crippen LogP contribution in [0.2, 0.25) is 0 Å². The molecule has 7 nitrogen and oxygen atoms in total. The number of carbonyl (C=O) groups is 2. The van der Waals surface area contributed by atoms with Crippen LogP contribution in [0.5, 0.6) is 5.88 Å². The lowest BCUT2D eigenvalue weighted by molar-refractivity contribution is 0.102.